The molecule has 9 aromatic carbocycles. The first kappa shape index (κ1) is 26.0. The van der Waals surface area contributed by atoms with E-state index in [1.54, 1.807) is 0 Å². The summed E-state index contributed by atoms with van der Waals surface area (Å²) in [5.74, 6) is 0.314. The number of rotatable bonds is 6. The molecule has 0 unspecified atom stereocenters. The highest BCUT2D eigenvalue weighted by Gasteiger charge is 2.18. The first-order valence-electron chi connectivity index (χ1n) is 23.9. The van der Waals surface area contributed by atoms with Gasteiger partial charge in [-0.25, -0.2) is 15.0 Å². The van der Waals surface area contributed by atoms with Gasteiger partial charge in [-0.05, 0) is 81.2 Å². The number of hydrogen-bond donors (Lipinski definition) is 0. The van der Waals surface area contributed by atoms with Crippen molar-refractivity contribution >= 4 is 54.6 Å². The molecule has 12 aromatic rings. The maximum atomic E-state index is 9.62. The molecule has 0 radical (unpaired) electrons. The van der Waals surface area contributed by atoms with Gasteiger partial charge >= 0.3 is 0 Å². The molecule has 0 saturated heterocycles. The third-order valence-corrected chi connectivity index (χ3v) is 10.8. The van der Waals surface area contributed by atoms with Gasteiger partial charge in [0.25, 0.3) is 0 Å². The maximum Gasteiger partial charge on any atom is 0.164 e. The second kappa shape index (κ2) is 13.8. The van der Waals surface area contributed by atoms with Gasteiger partial charge in [-0.15, -0.1) is 0 Å². The van der Waals surface area contributed by atoms with Crippen LogP contribution in [0.4, 0.5) is 0 Å². The Labute approximate surface area is 357 Å². The van der Waals surface area contributed by atoms with Crippen LogP contribution in [0.2, 0.25) is 0 Å². The van der Waals surface area contributed by atoms with Crippen molar-refractivity contribution in [1.82, 2.24) is 15.0 Å². The average Bonchev–Trinajstić information content (AvgIpc) is 3.98. The van der Waals surface area contributed by atoms with E-state index in [-0.39, 0.29) is 55.7 Å². The fourth-order valence-corrected chi connectivity index (χ4v) is 7.91. The summed E-state index contributed by atoms with van der Waals surface area (Å²) in [6, 6.07) is 43.4. The van der Waals surface area contributed by atoms with E-state index in [0.717, 1.165) is 44.2 Å². The Bertz CT molecular complexity index is 4120. The molecule has 280 valence electrons. The summed E-state index contributed by atoms with van der Waals surface area (Å²) in [6.07, 6.45) is 0. The van der Waals surface area contributed by atoms with Crippen LogP contribution in [0, 0.1) is 0 Å². The van der Waals surface area contributed by atoms with Gasteiger partial charge in [0.15, 0.2) is 17.5 Å². The van der Waals surface area contributed by atoms with Crippen LogP contribution in [-0.2, 0) is 0 Å². The van der Waals surface area contributed by atoms with Crippen molar-refractivity contribution in [2.45, 2.75) is 0 Å². The molecule has 0 fully saturated rings. The molecule has 0 aliphatic heterocycles. The van der Waals surface area contributed by atoms with Crippen molar-refractivity contribution < 1.29 is 21.2 Å². The molecule has 0 atom stereocenters. The number of fused-ring (bicyclic) bond motifs is 8. The van der Waals surface area contributed by atoms with E-state index in [4.69, 9.17) is 32.0 Å². The van der Waals surface area contributed by atoms with Gasteiger partial charge in [0.2, 0.25) is 0 Å². The minimum absolute atomic E-state index is 0.103. The van der Waals surface area contributed by atoms with Gasteiger partial charge in [0, 0.05) is 43.6 Å². The van der Waals surface area contributed by atoms with Gasteiger partial charge in [-0.1, -0.05) is 158 Å². The Morgan fingerprint density at radius 3 is 1.78 bits per heavy atom. The minimum atomic E-state index is -0.571. The Morgan fingerprint density at radius 1 is 0.367 bits per heavy atom. The lowest BCUT2D eigenvalue weighted by Crippen LogP contribution is -2.00. The van der Waals surface area contributed by atoms with E-state index in [1.165, 1.54) is 0 Å². The van der Waals surface area contributed by atoms with Crippen LogP contribution >= 0.6 is 0 Å². The molecule has 0 amide bonds. The summed E-state index contributed by atoms with van der Waals surface area (Å²) >= 11 is 0. The van der Waals surface area contributed by atoms with E-state index in [9.17, 15) is 4.11 Å². The third-order valence-electron chi connectivity index (χ3n) is 10.8. The molecular formula is C55H33N3O2. The smallest absolute Gasteiger partial charge is 0.164 e. The molecule has 0 aliphatic carbocycles. The monoisotopic (exact) mass is 776 g/mol. The molecule has 3 heterocycles. The molecule has 5 nitrogen and oxygen atoms in total. The van der Waals surface area contributed by atoms with Crippen LogP contribution in [0.3, 0.4) is 0 Å². The largest absolute Gasteiger partial charge is 0.456 e. The second-order valence-electron chi connectivity index (χ2n) is 14.4. The van der Waals surface area contributed by atoms with Crippen LogP contribution in [0.15, 0.2) is 209 Å². The Kier molecular flexibility index (Phi) is 5.95. The van der Waals surface area contributed by atoms with E-state index < -0.39 is 54.4 Å². The highest BCUT2D eigenvalue weighted by Crippen LogP contribution is 2.40. The topological polar surface area (TPSA) is 65.0 Å². The second-order valence-corrected chi connectivity index (χ2v) is 14.4. The Hall–Kier alpha value is -8.15. The van der Waals surface area contributed by atoms with Crippen molar-refractivity contribution in [2.24, 2.45) is 0 Å². The molecule has 0 spiro atoms. The summed E-state index contributed by atoms with van der Waals surface area (Å²) in [7, 11) is 0. The lowest BCUT2D eigenvalue weighted by atomic mass is 9.99. The quantitative estimate of drug-likeness (QED) is 0.168. The number of benzene rings is 9. The summed E-state index contributed by atoms with van der Waals surface area (Å²) in [4.78, 5) is 14.8. The lowest BCUT2D eigenvalue weighted by molar-refractivity contribution is 0.669. The summed E-state index contributed by atoms with van der Waals surface area (Å²) in [6.45, 7) is 0. The average molecular weight is 777 g/mol. The van der Waals surface area contributed by atoms with Gasteiger partial charge in [-0.2, -0.15) is 0 Å². The number of nitrogens with zero attached hydrogens (tertiary/aromatic N) is 3. The van der Waals surface area contributed by atoms with E-state index in [0.29, 0.717) is 22.3 Å². The van der Waals surface area contributed by atoms with E-state index in [1.807, 2.05) is 91.0 Å². The van der Waals surface area contributed by atoms with E-state index in [2.05, 4.69) is 54.6 Å². The molecule has 60 heavy (non-hydrogen) atoms. The number of hydrogen-bond acceptors (Lipinski definition) is 5. The van der Waals surface area contributed by atoms with Crippen molar-refractivity contribution in [3.63, 3.8) is 0 Å². The van der Waals surface area contributed by atoms with Gasteiger partial charge in [0.1, 0.15) is 22.3 Å². The maximum absolute atomic E-state index is 9.62. The van der Waals surface area contributed by atoms with E-state index >= 15 is 0 Å². The first-order valence-corrected chi connectivity index (χ1v) is 19.4. The summed E-state index contributed by atoms with van der Waals surface area (Å²) in [5, 5.41) is 1.24. The zero-order chi connectivity index (χ0) is 47.4. The molecule has 0 bridgehead atoms. The molecule has 0 saturated carbocycles. The van der Waals surface area contributed by atoms with Gasteiger partial charge in [-0.3, -0.25) is 0 Å². The Balaban J connectivity index is 1.07. The summed E-state index contributed by atoms with van der Waals surface area (Å²) < 4.78 is 93.0. The normalized spacial score (nSPS) is 13.8. The van der Waals surface area contributed by atoms with Crippen LogP contribution in [0.5, 0.6) is 0 Å². The number of aromatic nitrogens is 3. The molecular weight excluding hydrogens is 735 g/mol. The molecule has 0 N–H and O–H groups in total. The minimum Gasteiger partial charge on any atom is -0.456 e. The molecule has 0 aliphatic rings. The van der Waals surface area contributed by atoms with Gasteiger partial charge < -0.3 is 8.83 Å². The number of furan rings is 2. The lowest BCUT2D eigenvalue weighted by Gasteiger charge is -2.10. The van der Waals surface area contributed by atoms with Crippen molar-refractivity contribution in [3.8, 4) is 67.5 Å². The first-order chi connectivity index (χ1) is 33.5. The SMILES string of the molecule is [2H]c1c([2H])c([2H])c2c(c1[2H])c([2H])c([2H])c1c2oc2c([2H])c(-c3nc(-c4cccc(-c5ccc(-c6ccccc6)cc5)c4)nc(-c4ccc5c(c4)oc4cccc(-c6ccccc6)c45)n3)c([2H])c([2H])c21. The van der Waals surface area contributed by atoms with Crippen molar-refractivity contribution in [2.75, 3.05) is 0 Å². The molecule has 5 heteroatoms. The fourth-order valence-electron chi connectivity index (χ4n) is 7.91. The van der Waals surface area contributed by atoms with Gasteiger partial charge in [0.05, 0.1) is 12.3 Å². The predicted molar refractivity (Wildman–Crippen MR) is 245 cm³/mol. The highest BCUT2D eigenvalue weighted by atomic mass is 16.3. The predicted octanol–water partition coefficient (Wildman–Crippen LogP) is 14.8. The Morgan fingerprint density at radius 2 is 0.983 bits per heavy atom. The molecule has 12 rings (SSSR count). The fraction of sp³-hybridized carbons (Fsp3) is 0. The summed E-state index contributed by atoms with van der Waals surface area (Å²) in [5.41, 5.74) is 7.94. The van der Waals surface area contributed by atoms with Crippen LogP contribution in [-0.4, -0.2) is 15.0 Å². The zero-order valence-electron chi connectivity index (χ0n) is 40.5. The standard InChI is InChI=1S/C55H33N3O2/c1-3-11-34(12-4-1)35-21-23-36(24-22-35)39-16-9-17-40(31-39)53-56-54(41-26-28-45-46-29-25-38-15-7-8-18-44(38)52(46)60-49(45)32-41)58-55(57-53)42-27-30-47-50(33-42)59-48-20-10-19-43(51(47)48)37-13-5-2-6-14-37/h1-33H/i7D,8D,15D,18D,25D,26D,28D,29D,32D. The third kappa shape index (κ3) is 5.75. The van der Waals surface area contributed by atoms with Crippen LogP contribution in [0.1, 0.15) is 12.3 Å². The van der Waals surface area contributed by atoms with Crippen molar-refractivity contribution in [1.29, 1.82) is 0 Å². The van der Waals surface area contributed by atoms with Crippen molar-refractivity contribution in [3.05, 3.63) is 200 Å². The molecule has 3 aromatic heterocycles. The zero-order valence-corrected chi connectivity index (χ0v) is 31.5. The van der Waals surface area contributed by atoms with Crippen LogP contribution in [0.25, 0.3) is 122 Å². The van der Waals surface area contributed by atoms with Crippen LogP contribution < -0.4 is 0 Å². The highest BCUT2D eigenvalue weighted by molar-refractivity contribution is 6.15.